The van der Waals surface area contributed by atoms with E-state index in [1.165, 1.54) is 5.56 Å². The van der Waals surface area contributed by atoms with Gasteiger partial charge in [-0.2, -0.15) is 5.10 Å². The fourth-order valence-corrected chi connectivity index (χ4v) is 3.24. The molecule has 0 spiro atoms. The van der Waals surface area contributed by atoms with Gasteiger partial charge in [-0.1, -0.05) is 23.7 Å². The van der Waals surface area contributed by atoms with Crippen LogP contribution in [0.4, 0.5) is 0 Å². The summed E-state index contributed by atoms with van der Waals surface area (Å²) in [4.78, 5) is 14.5. The summed E-state index contributed by atoms with van der Waals surface area (Å²) in [6.07, 6.45) is 6.01. The molecule has 0 saturated carbocycles. The number of hydrogen-bond acceptors (Lipinski definition) is 3. The molecule has 0 atom stereocenters. The number of nitrogens with one attached hydrogen (secondary N) is 1. The Labute approximate surface area is 147 Å². The Balaban J connectivity index is 1.41. The molecule has 6 heteroatoms. The Morgan fingerprint density at radius 2 is 1.96 bits per heavy atom. The second-order valence-electron chi connectivity index (χ2n) is 6.44. The second-order valence-corrected chi connectivity index (χ2v) is 6.88. The monoisotopic (exact) mass is 346 g/mol. The molecule has 1 amide bonds. The molecule has 128 valence electrons. The van der Waals surface area contributed by atoms with E-state index in [4.69, 9.17) is 11.6 Å². The fourth-order valence-electron chi connectivity index (χ4n) is 3.11. The van der Waals surface area contributed by atoms with Gasteiger partial charge in [0.2, 0.25) is 5.91 Å². The van der Waals surface area contributed by atoms with E-state index in [1.807, 2.05) is 25.4 Å². The van der Waals surface area contributed by atoms with Crippen molar-refractivity contribution in [3.05, 3.63) is 52.8 Å². The van der Waals surface area contributed by atoms with E-state index in [0.717, 1.165) is 43.1 Å². The van der Waals surface area contributed by atoms with Gasteiger partial charge in [0.05, 0.1) is 12.6 Å². The summed E-state index contributed by atoms with van der Waals surface area (Å²) in [5, 5.41) is 8.01. The maximum atomic E-state index is 12.1. The Morgan fingerprint density at radius 3 is 2.58 bits per heavy atom. The third-order valence-electron chi connectivity index (χ3n) is 4.40. The molecule has 0 unspecified atom stereocenters. The lowest BCUT2D eigenvalue weighted by Gasteiger charge is -2.32. The zero-order valence-corrected chi connectivity index (χ0v) is 14.7. The normalized spacial score (nSPS) is 16.2. The third kappa shape index (κ3) is 4.82. The van der Waals surface area contributed by atoms with Crippen molar-refractivity contribution < 1.29 is 4.79 Å². The van der Waals surface area contributed by atoms with Crippen LogP contribution in [0, 0.1) is 0 Å². The number of likely N-dealkylation sites (tertiary alicyclic amines) is 1. The molecule has 1 aromatic heterocycles. The van der Waals surface area contributed by atoms with Gasteiger partial charge < -0.3 is 5.32 Å². The molecule has 2 heterocycles. The number of piperidine rings is 1. The number of nitrogens with zero attached hydrogens (tertiary/aromatic N) is 3. The highest BCUT2D eigenvalue weighted by atomic mass is 35.5. The third-order valence-corrected chi connectivity index (χ3v) is 4.65. The molecular weight excluding hydrogens is 324 g/mol. The summed E-state index contributed by atoms with van der Waals surface area (Å²) in [6.45, 7) is 2.94. The number of hydrogen-bond donors (Lipinski definition) is 1. The Kier molecular flexibility index (Phi) is 5.53. The molecule has 1 saturated heterocycles. The van der Waals surface area contributed by atoms with Gasteiger partial charge in [-0.3, -0.25) is 14.4 Å². The van der Waals surface area contributed by atoms with E-state index in [0.29, 0.717) is 6.42 Å². The van der Waals surface area contributed by atoms with Crippen molar-refractivity contribution in [3.8, 4) is 0 Å². The van der Waals surface area contributed by atoms with Gasteiger partial charge in [0, 0.05) is 43.9 Å². The lowest BCUT2D eigenvalue weighted by Crippen LogP contribution is -2.44. The molecule has 2 aromatic rings. The number of amides is 1. The van der Waals surface area contributed by atoms with Crippen LogP contribution in [0.15, 0.2) is 36.7 Å². The zero-order chi connectivity index (χ0) is 16.9. The van der Waals surface area contributed by atoms with Crippen LogP contribution in [0.5, 0.6) is 0 Å². The molecule has 1 aliphatic heterocycles. The van der Waals surface area contributed by atoms with Crippen molar-refractivity contribution in [3.63, 3.8) is 0 Å². The van der Waals surface area contributed by atoms with Crippen molar-refractivity contribution in [2.24, 2.45) is 7.05 Å². The summed E-state index contributed by atoms with van der Waals surface area (Å²) < 4.78 is 1.72. The number of carbonyl (C=O) groups excluding carboxylic acids is 1. The van der Waals surface area contributed by atoms with Crippen LogP contribution >= 0.6 is 11.6 Å². The highest BCUT2D eigenvalue weighted by Crippen LogP contribution is 2.16. The summed E-state index contributed by atoms with van der Waals surface area (Å²) in [7, 11) is 1.86. The average Bonchev–Trinajstić information content (AvgIpc) is 2.96. The average molecular weight is 347 g/mol. The first-order valence-corrected chi connectivity index (χ1v) is 8.70. The molecule has 3 rings (SSSR count). The van der Waals surface area contributed by atoms with E-state index in [1.54, 1.807) is 10.9 Å². The number of aryl methyl sites for hydroxylation is 1. The molecule has 0 radical (unpaired) electrons. The van der Waals surface area contributed by atoms with Gasteiger partial charge in [-0.25, -0.2) is 0 Å². The first-order valence-electron chi connectivity index (χ1n) is 8.32. The molecular formula is C18H23ClN4O. The lowest BCUT2D eigenvalue weighted by molar-refractivity contribution is -0.121. The fraction of sp³-hybridized carbons (Fsp3) is 0.444. The Hall–Kier alpha value is -1.85. The largest absolute Gasteiger partial charge is 0.353 e. The molecule has 24 heavy (non-hydrogen) atoms. The van der Waals surface area contributed by atoms with E-state index in [9.17, 15) is 4.79 Å². The number of aromatic nitrogens is 2. The van der Waals surface area contributed by atoms with Crippen molar-refractivity contribution in [2.75, 3.05) is 13.1 Å². The highest BCUT2D eigenvalue weighted by molar-refractivity contribution is 6.30. The molecule has 0 bridgehead atoms. The number of rotatable bonds is 5. The predicted molar refractivity (Wildman–Crippen MR) is 94.8 cm³/mol. The van der Waals surface area contributed by atoms with Crippen LogP contribution in [0.2, 0.25) is 5.02 Å². The van der Waals surface area contributed by atoms with E-state index in [2.05, 4.69) is 27.4 Å². The minimum Gasteiger partial charge on any atom is -0.353 e. The van der Waals surface area contributed by atoms with Crippen LogP contribution in [0.1, 0.15) is 24.0 Å². The molecule has 1 aromatic carbocycles. The van der Waals surface area contributed by atoms with Gasteiger partial charge >= 0.3 is 0 Å². The van der Waals surface area contributed by atoms with Gasteiger partial charge in [0.15, 0.2) is 0 Å². The van der Waals surface area contributed by atoms with Crippen molar-refractivity contribution in [2.45, 2.75) is 31.8 Å². The smallest absolute Gasteiger partial charge is 0.224 e. The molecule has 1 fully saturated rings. The van der Waals surface area contributed by atoms with Crippen molar-refractivity contribution >= 4 is 17.5 Å². The van der Waals surface area contributed by atoms with Crippen molar-refractivity contribution in [1.29, 1.82) is 0 Å². The Morgan fingerprint density at radius 1 is 1.25 bits per heavy atom. The van der Waals surface area contributed by atoms with Gasteiger partial charge in [0.1, 0.15) is 0 Å². The molecule has 1 aliphatic rings. The maximum absolute atomic E-state index is 12.1. The second kappa shape index (κ2) is 7.81. The van der Waals surface area contributed by atoms with E-state index >= 15 is 0 Å². The quantitative estimate of drug-likeness (QED) is 0.904. The summed E-state index contributed by atoms with van der Waals surface area (Å²) in [5.41, 5.74) is 2.23. The number of carbonyl (C=O) groups is 1. The summed E-state index contributed by atoms with van der Waals surface area (Å²) in [5.74, 6) is 0.0825. The predicted octanol–water partition coefficient (Wildman–Crippen LogP) is 2.40. The minimum absolute atomic E-state index is 0.0825. The van der Waals surface area contributed by atoms with Crippen LogP contribution in [-0.4, -0.2) is 39.7 Å². The minimum atomic E-state index is 0.0825. The van der Waals surface area contributed by atoms with Crippen molar-refractivity contribution in [1.82, 2.24) is 20.0 Å². The van der Waals surface area contributed by atoms with Gasteiger partial charge in [-0.15, -0.1) is 0 Å². The first kappa shape index (κ1) is 17.0. The van der Waals surface area contributed by atoms with E-state index in [-0.39, 0.29) is 11.9 Å². The molecule has 1 N–H and O–H groups in total. The van der Waals surface area contributed by atoms with Crippen LogP contribution in [0.25, 0.3) is 0 Å². The van der Waals surface area contributed by atoms with E-state index < -0.39 is 0 Å². The topological polar surface area (TPSA) is 50.2 Å². The summed E-state index contributed by atoms with van der Waals surface area (Å²) in [6, 6.07) is 8.29. The molecule has 0 aliphatic carbocycles. The molecule has 5 nitrogen and oxygen atoms in total. The Bertz CT molecular complexity index is 675. The van der Waals surface area contributed by atoms with Crippen LogP contribution in [0.3, 0.4) is 0 Å². The van der Waals surface area contributed by atoms with Gasteiger partial charge in [-0.05, 0) is 36.1 Å². The number of halogens is 1. The number of benzene rings is 1. The standard InChI is InChI=1S/C18H23ClN4O/c1-22-12-15(11-20-22)10-18(24)21-17-6-8-23(9-7-17)13-14-2-4-16(19)5-3-14/h2-5,11-12,17H,6-10,13H2,1H3,(H,21,24). The first-order chi connectivity index (χ1) is 11.6. The highest BCUT2D eigenvalue weighted by Gasteiger charge is 2.20. The van der Waals surface area contributed by atoms with Gasteiger partial charge in [0.25, 0.3) is 0 Å². The lowest BCUT2D eigenvalue weighted by atomic mass is 10.0. The van der Waals surface area contributed by atoms with Crippen LogP contribution < -0.4 is 5.32 Å². The maximum Gasteiger partial charge on any atom is 0.224 e. The summed E-state index contributed by atoms with van der Waals surface area (Å²) >= 11 is 5.92. The van der Waals surface area contributed by atoms with Crippen LogP contribution in [-0.2, 0) is 24.8 Å². The SMILES string of the molecule is Cn1cc(CC(=O)NC2CCN(Cc3ccc(Cl)cc3)CC2)cn1. The zero-order valence-electron chi connectivity index (χ0n) is 13.9.